The molecule has 3 heteroatoms. The number of piperidine rings is 2. The zero-order valence-corrected chi connectivity index (χ0v) is 11.0. The van der Waals surface area contributed by atoms with Gasteiger partial charge in [-0.3, -0.25) is 0 Å². The van der Waals surface area contributed by atoms with Gasteiger partial charge < -0.3 is 10.2 Å². The highest BCUT2D eigenvalue weighted by molar-refractivity contribution is 5.85. The van der Waals surface area contributed by atoms with Crippen LogP contribution in [0.1, 0.15) is 38.5 Å². The minimum absolute atomic E-state index is 0. The summed E-state index contributed by atoms with van der Waals surface area (Å²) in [5.41, 5.74) is 0.806. The van der Waals surface area contributed by atoms with Crippen molar-refractivity contribution < 1.29 is 0 Å². The molecule has 0 amide bonds. The fourth-order valence-corrected chi connectivity index (χ4v) is 3.50. The quantitative estimate of drug-likeness (QED) is 0.802. The predicted molar refractivity (Wildman–Crippen MR) is 70.2 cm³/mol. The molecule has 0 aromatic rings. The average molecular weight is 245 g/mol. The number of likely N-dealkylation sites (tertiary alicyclic amines) is 1. The van der Waals surface area contributed by atoms with Crippen LogP contribution in [-0.2, 0) is 0 Å². The number of nitrogens with zero attached hydrogens (tertiary/aromatic N) is 1. The van der Waals surface area contributed by atoms with Gasteiger partial charge in [-0.05, 0) is 69.5 Å². The summed E-state index contributed by atoms with van der Waals surface area (Å²) in [7, 11) is 0. The molecule has 2 aliphatic heterocycles. The molecular formula is C13H25ClN2. The molecular weight excluding hydrogens is 220 g/mol. The second-order valence-corrected chi connectivity index (χ2v) is 6.05. The summed E-state index contributed by atoms with van der Waals surface area (Å²) in [5, 5.41) is 3.53. The minimum Gasteiger partial charge on any atom is -0.316 e. The molecule has 16 heavy (non-hydrogen) atoms. The summed E-state index contributed by atoms with van der Waals surface area (Å²) in [6, 6.07) is 0. The van der Waals surface area contributed by atoms with E-state index in [1.54, 1.807) is 0 Å². The van der Waals surface area contributed by atoms with E-state index in [1.165, 1.54) is 71.2 Å². The highest BCUT2D eigenvalue weighted by Gasteiger charge is 2.45. The molecule has 3 fully saturated rings. The monoisotopic (exact) mass is 244 g/mol. The number of hydrogen-bond donors (Lipinski definition) is 1. The van der Waals surface area contributed by atoms with Crippen molar-refractivity contribution in [3.05, 3.63) is 0 Å². The molecule has 2 heterocycles. The lowest BCUT2D eigenvalue weighted by molar-refractivity contribution is 0.131. The Bertz CT molecular complexity index is 222. The van der Waals surface area contributed by atoms with Crippen LogP contribution >= 0.6 is 12.4 Å². The fourth-order valence-electron chi connectivity index (χ4n) is 3.50. The van der Waals surface area contributed by atoms with Gasteiger partial charge >= 0.3 is 0 Å². The second kappa shape index (κ2) is 5.24. The molecule has 0 aromatic heterocycles. The predicted octanol–water partition coefficient (Wildman–Crippen LogP) is 2.28. The smallest absolute Gasteiger partial charge is 0.00381 e. The summed E-state index contributed by atoms with van der Waals surface area (Å²) in [5.74, 6) is 0.938. The Kier molecular flexibility index (Phi) is 4.15. The van der Waals surface area contributed by atoms with Gasteiger partial charge in [-0.15, -0.1) is 12.4 Å². The SMILES string of the molecule is C1CNCC(CN2CCCC3(CC3)C2)C1.Cl. The van der Waals surface area contributed by atoms with Gasteiger partial charge in [-0.2, -0.15) is 0 Å². The molecule has 1 N–H and O–H groups in total. The van der Waals surface area contributed by atoms with Crippen LogP contribution in [0, 0.1) is 11.3 Å². The maximum atomic E-state index is 3.53. The molecule has 0 radical (unpaired) electrons. The Labute approximate surface area is 106 Å². The van der Waals surface area contributed by atoms with E-state index in [2.05, 4.69) is 10.2 Å². The van der Waals surface area contributed by atoms with Crippen molar-refractivity contribution in [1.82, 2.24) is 10.2 Å². The molecule has 1 atom stereocenters. The molecule has 2 saturated heterocycles. The first-order valence-corrected chi connectivity index (χ1v) is 6.79. The number of halogens is 1. The van der Waals surface area contributed by atoms with E-state index < -0.39 is 0 Å². The third-order valence-electron chi connectivity index (χ3n) is 4.61. The molecule has 0 aromatic carbocycles. The van der Waals surface area contributed by atoms with Crippen LogP contribution in [0.4, 0.5) is 0 Å². The van der Waals surface area contributed by atoms with Crippen molar-refractivity contribution in [2.75, 3.05) is 32.7 Å². The highest BCUT2D eigenvalue weighted by Crippen LogP contribution is 2.52. The zero-order valence-electron chi connectivity index (χ0n) is 10.2. The van der Waals surface area contributed by atoms with E-state index in [0.29, 0.717) is 0 Å². The second-order valence-electron chi connectivity index (χ2n) is 6.05. The van der Waals surface area contributed by atoms with Crippen molar-refractivity contribution in [2.24, 2.45) is 11.3 Å². The van der Waals surface area contributed by atoms with E-state index in [0.717, 1.165) is 11.3 Å². The van der Waals surface area contributed by atoms with E-state index in [1.807, 2.05) is 0 Å². The van der Waals surface area contributed by atoms with Crippen molar-refractivity contribution in [1.29, 1.82) is 0 Å². The van der Waals surface area contributed by atoms with E-state index in [-0.39, 0.29) is 12.4 Å². The van der Waals surface area contributed by atoms with Crippen LogP contribution in [-0.4, -0.2) is 37.6 Å². The molecule has 3 aliphatic rings. The first kappa shape index (κ1) is 12.7. The molecule has 1 saturated carbocycles. The molecule has 2 nitrogen and oxygen atoms in total. The van der Waals surface area contributed by atoms with E-state index in [9.17, 15) is 0 Å². The van der Waals surface area contributed by atoms with Crippen LogP contribution in [0.2, 0.25) is 0 Å². The summed E-state index contributed by atoms with van der Waals surface area (Å²) in [6.45, 7) is 6.68. The Balaban J connectivity index is 0.000000963. The molecule has 3 rings (SSSR count). The molecule has 1 unspecified atom stereocenters. The van der Waals surface area contributed by atoms with Crippen LogP contribution in [0.5, 0.6) is 0 Å². The summed E-state index contributed by atoms with van der Waals surface area (Å²) in [6.07, 6.45) is 8.87. The Morgan fingerprint density at radius 1 is 1.19 bits per heavy atom. The van der Waals surface area contributed by atoms with E-state index >= 15 is 0 Å². The van der Waals surface area contributed by atoms with Gasteiger partial charge in [0.25, 0.3) is 0 Å². The molecule has 1 spiro atoms. The Hall–Kier alpha value is 0.210. The largest absolute Gasteiger partial charge is 0.316 e. The Morgan fingerprint density at radius 3 is 2.75 bits per heavy atom. The lowest BCUT2D eigenvalue weighted by atomic mass is 9.92. The maximum Gasteiger partial charge on any atom is 0.00381 e. The standard InChI is InChI=1S/C13H24N2.ClH/c1-3-12(9-14-7-1)10-15-8-2-4-13(11-15)5-6-13;/h12,14H,1-11H2;1H. The zero-order chi connectivity index (χ0) is 10.1. The van der Waals surface area contributed by atoms with Crippen molar-refractivity contribution >= 4 is 12.4 Å². The lowest BCUT2D eigenvalue weighted by Crippen LogP contribution is -2.43. The van der Waals surface area contributed by atoms with Gasteiger partial charge in [-0.25, -0.2) is 0 Å². The first-order chi connectivity index (χ1) is 7.36. The Morgan fingerprint density at radius 2 is 2.06 bits per heavy atom. The van der Waals surface area contributed by atoms with Gasteiger partial charge in [0.2, 0.25) is 0 Å². The van der Waals surface area contributed by atoms with Crippen LogP contribution in [0.25, 0.3) is 0 Å². The first-order valence-electron chi connectivity index (χ1n) is 6.79. The normalized spacial score (nSPS) is 33.4. The van der Waals surface area contributed by atoms with Crippen molar-refractivity contribution in [3.8, 4) is 0 Å². The third-order valence-corrected chi connectivity index (χ3v) is 4.61. The van der Waals surface area contributed by atoms with Gasteiger partial charge in [0.05, 0.1) is 0 Å². The summed E-state index contributed by atoms with van der Waals surface area (Å²) in [4.78, 5) is 2.76. The summed E-state index contributed by atoms with van der Waals surface area (Å²) >= 11 is 0. The number of nitrogens with one attached hydrogen (secondary N) is 1. The lowest BCUT2D eigenvalue weighted by Gasteiger charge is -2.36. The molecule has 1 aliphatic carbocycles. The third kappa shape index (κ3) is 2.91. The number of rotatable bonds is 2. The maximum absolute atomic E-state index is 3.53. The van der Waals surface area contributed by atoms with Gasteiger partial charge in [0, 0.05) is 13.1 Å². The van der Waals surface area contributed by atoms with Crippen molar-refractivity contribution in [2.45, 2.75) is 38.5 Å². The van der Waals surface area contributed by atoms with Gasteiger partial charge in [-0.1, -0.05) is 0 Å². The van der Waals surface area contributed by atoms with Crippen LogP contribution in [0.15, 0.2) is 0 Å². The van der Waals surface area contributed by atoms with Crippen LogP contribution in [0.3, 0.4) is 0 Å². The molecule has 94 valence electrons. The van der Waals surface area contributed by atoms with E-state index in [4.69, 9.17) is 0 Å². The van der Waals surface area contributed by atoms with Gasteiger partial charge in [0.15, 0.2) is 0 Å². The van der Waals surface area contributed by atoms with Gasteiger partial charge in [0.1, 0.15) is 0 Å². The fraction of sp³-hybridized carbons (Fsp3) is 1.00. The number of hydrogen-bond acceptors (Lipinski definition) is 2. The molecule has 0 bridgehead atoms. The highest BCUT2D eigenvalue weighted by atomic mass is 35.5. The van der Waals surface area contributed by atoms with Crippen LogP contribution < -0.4 is 5.32 Å². The average Bonchev–Trinajstić information content (AvgIpc) is 2.99. The minimum atomic E-state index is 0. The summed E-state index contributed by atoms with van der Waals surface area (Å²) < 4.78 is 0. The van der Waals surface area contributed by atoms with Crippen molar-refractivity contribution in [3.63, 3.8) is 0 Å². The topological polar surface area (TPSA) is 15.3 Å².